The van der Waals surface area contributed by atoms with Crippen LogP contribution in [0.5, 0.6) is 0 Å². The second-order valence-electron chi connectivity index (χ2n) is 6.23. The molecule has 0 aromatic heterocycles. The summed E-state index contributed by atoms with van der Waals surface area (Å²) in [6.45, 7) is 7.74. The Balaban J connectivity index is 2.38. The fourth-order valence-electron chi connectivity index (χ4n) is 2.21. The van der Waals surface area contributed by atoms with Crippen molar-refractivity contribution < 1.29 is 4.79 Å². The van der Waals surface area contributed by atoms with E-state index in [0.29, 0.717) is 0 Å². The lowest BCUT2D eigenvalue weighted by molar-refractivity contribution is -0.129. The maximum absolute atomic E-state index is 12.1. The number of nitrogen functional groups attached to an aromatic ring is 1. The zero-order chi connectivity index (χ0) is 14.9. The normalized spacial score (nSPS) is 13.2. The maximum atomic E-state index is 12.1. The third kappa shape index (κ3) is 2.77. The highest BCUT2D eigenvalue weighted by atomic mass is 16.2. The molecule has 3 nitrogen and oxygen atoms in total. The minimum atomic E-state index is -0.391. The summed E-state index contributed by atoms with van der Waals surface area (Å²) in [6.07, 6.45) is 0. The lowest BCUT2D eigenvalue weighted by Gasteiger charge is -2.23. The summed E-state index contributed by atoms with van der Waals surface area (Å²) in [5, 5.41) is 5.19. The number of fused-ring (bicyclic) bond motifs is 1. The molecule has 0 bridgehead atoms. The van der Waals surface area contributed by atoms with Crippen LogP contribution in [0, 0.1) is 5.41 Å². The van der Waals surface area contributed by atoms with Crippen molar-refractivity contribution in [3.8, 4) is 0 Å². The van der Waals surface area contributed by atoms with E-state index >= 15 is 0 Å². The number of hydrogen-bond donors (Lipinski definition) is 2. The molecule has 0 spiro atoms. The molecular weight excluding hydrogens is 248 g/mol. The third-order valence-electron chi connectivity index (χ3n) is 3.49. The molecule has 0 aliphatic heterocycles. The summed E-state index contributed by atoms with van der Waals surface area (Å²) >= 11 is 0. The van der Waals surface area contributed by atoms with Crippen molar-refractivity contribution in [2.24, 2.45) is 5.41 Å². The molecule has 3 heteroatoms. The van der Waals surface area contributed by atoms with Gasteiger partial charge in [-0.3, -0.25) is 4.79 Å². The second-order valence-corrected chi connectivity index (χ2v) is 6.23. The van der Waals surface area contributed by atoms with Gasteiger partial charge in [0.2, 0.25) is 5.91 Å². The highest BCUT2D eigenvalue weighted by Crippen LogP contribution is 2.29. The number of nitrogens with two attached hydrogens (primary N) is 1. The van der Waals surface area contributed by atoms with E-state index in [-0.39, 0.29) is 11.9 Å². The molecule has 2 aromatic carbocycles. The van der Waals surface area contributed by atoms with E-state index in [1.165, 1.54) is 0 Å². The number of rotatable bonds is 2. The summed E-state index contributed by atoms with van der Waals surface area (Å²) in [7, 11) is 0. The highest BCUT2D eigenvalue weighted by Gasteiger charge is 2.23. The predicted octanol–water partition coefficient (Wildman–Crippen LogP) is 3.65. The number of anilines is 1. The summed E-state index contributed by atoms with van der Waals surface area (Å²) in [5.41, 5.74) is 7.47. The molecule has 0 radical (unpaired) electrons. The van der Waals surface area contributed by atoms with Crippen LogP contribution in [-0.2, 0) is 4.79 Å². The first kappa shape index (κ1) is 14.4. The second kappa shape index (κ2) is 5.16. The van der Waals surface area contributed by atoms with E-state index in [9.17, 15) is 4.79 Å². The lowest BCUT2D eigenvalue weighted by atomic mass is 9.93. The third-order valence-corrected chi connectivity index (χ3v) is 3.49. The predicted molar refractivity (Wildman–Crippen MR) is 84.4 cm³/mol. The van der Waals surface area contributed by atoms with Crippen LogP contribution in [0.15, 0.2) is 36.4 Å². The van der Waals surface area contributed by atoms with Gasteiger partial charge < -0.3 is 11.1 Å². The molecule has 0 unspecified atom stereocenters. The van der Waals surface area contributed by atoms with Crippen molar-refractivity contribution in [3.63, 3.8) is 0 Å². The molecule has 1 amide bonds. The van der Waals surface area contributed by atoms with E-state index < -0.39 is 5.41 Å². The standard InChI is InChI=1S/C17H22N2O/c1-11(19-16(20)17(2,3)4)12-9-10-15(18)14-8-6-5-7-13(12)14/h5-11H,18H2,1-4H3,(H,19,20)/t11-/m1/s1. The van der Waals surface area contributed by atoms with Gasteiger partial charge in [-0.25, -0.2) is 0 Å². The molecule has 0 saturated heterocycles. The number of amides is 1. The van der Waals surface area contributed by atoms with Crippen LogP contribution in [0.25, 0.3) is 10.8 Å². The van der Waals surface area contributed by atoms with Gasteiger partial charge in [-0.1, -0.05) is 51.1 Å². The van der Waals surface area contributed by atoms with E-state index in [1.54, 1.807) is 0 Å². The zero-order valence-electron chi connectivity index (χ0n) is 12.5. The van der Waals surface area contributed by atoms with Gasteiger partial charge in [0.1, 0.15) is 0 Å². The molecule has 20 heavy (non-hydrogen) atoms. The number of carbonyl (C=O) groups is 1. The first-order valence-electron chi connectivity index (χ1n) is 6.89. The number of nitrogens with one attached hydrogen (secondary N) is 1. The topological polar surface area (TPSA) is 55.1 Å². The Morgan fingerprint density at radius 1 is 1.10 bits per heavy atom. The molecule has 0 aliphatic rings. The Kier molecular flexibility index (Phi) is 3.71. The van der Waals surface area contributed by atoms with Gasteiger partial charge in [-0.2, -0.15) is 0 Å². The molecule has 1 atom stereocenters. The van der Waals surface area contributed by atoms with E-state index in [4.69, 9.17) is 5.73 Å². The minimum Gasteiger partial charge on any atom is -0.398 e. The number of hydrogen-bond acceptors (Lipinski definition) is 2. The average molecular weight is 270 g/mol. The Morgan fingerprint density at radius 2 is 1.70 bits per heavy atom. The molecule has 0 fully saturated rings. The molecule has 3 N–H and O–H groups in total. The highest BCUT2D eigenvalue weighted by molar-refractivity contribution is 5.95. The summed E-state index contributed by atoms with van der Waals surface area (Å²) in [4.78, 5) is 12.1. The van der Waals surface area contributed by atoms with Crippen molar-refractivity contribution in [1.82, 2.24) is 5.32 Å². The Labute approximate surface area is 120 Å². The van der Waals surface area contributed by atoms with Crippen LogP contribution < -0.4 is 11.1 Å². The smallest absolute Gasteiger partial charge is 0.225 e. The monoisotopic (exact) mass is 270 g/mol. The molecule has 0 heterocycles. The van der Waals surface area contributed by atoms with Gasteiger partial charge in [0, 0.05) is 16.5 Å². The fourth-order valence-corrected chi connectivity index (χ4v) is 2.21. The van der Waals surface area contributed by atoms with Gasteiger partial charge in [-0.05, 0) is 23.9 Å². The largest absolute Gasteiger partial charge is 0.398 e. The molecule has 106 valence electrons. The lowest BCUT2D eigenvalue weighted by Crippen LogP contribution is -2.36. The van der Waals surface area contributed by atoms with Gasteiger partial charge in [0.05, 0.1) is 6.04 Å². The van der Waals surface area contributed by atoms with Crippen LogP contribution >= 0.6 is 0 Å². The Morgan fingerprint density at radius 3 is 2.30 bits per heavy atom. The van der Waals surface area contributed by atoms with Crippen molar-refractivity contribution in [2.45, 2.75) is 33.7 Å². The summed E-state index contributed by atoms with van der Waals surface area (Å²) in [5.74, 6) is 0.0471. The van der Waals surface area contributed by atoms with E-state index in [0.717, 1.165) is 22.0 Å². The van der Waals surface area contributed by atoms with Crippen LogP contribution in [0.4, 0.5) is 5.69 Å². The Hall–Kier alpha value is -2.03. The molecule has 0 saturated carbocycles. The van der Waals surface area contributed by atoms with Crippen molar-refractivity contribution >= 4 is 22.4 Å². The molecule has 0 aliphatic carbocycles. The SMILES string of the molecule is C[C@@H](NC(=O)C(C)(C)C)c1ccc(N)c2ccccc12. The quantitative estimate of drug-likeness (QED) is 0.818. The van der Waals surface area contributed by atoms with E-state index in [1.807, 2.05) is 64.1 Å². The zero-order valence-corrected chi connectivity index (χ0v) is 12.5. The van der Waals surface area contributed by atoms with Crippen LogP contribution in [0.3, 0.4) is 0 Å². The van der Waals surface area contributed by atoms with E-state index in [2.05, 4.69) is 5.32 Å². The maximum Gasteiger partial charge on any atom is 0.225 e. The first-order chi connectivity index (χ1) is 9.30. The summed E-state index contributed by atoms with van der Waals surface area (Å²) in [6, 6.07) is 11.9. The van der Waals surface area contributed by atoms with Gasteiger partial charge in [-0.15, -0.1) is 0 Å². The molecular formula is C17H22N2O. The van der Waals surface area contributed by atoms with Crippen LogP contribution in [0.1, 0.15) is 39.3 Å². The minimum absolute atomic E-state index is 0.0471. The average Bonchev–Trinajstić information content (AvgIpc) is 2.38. The Bertz CT molecular complexity index is 641. The number of benzene rings is 2. The molecule has 2 aromatic rings. The van der Waals surface area contributed by atoms with Crippen molar-refractivity contribution in [1.29, 1.82) is 0 Å². The van der Waals surface area contributed by atoms with Gasteiger partial charge in [0.25, 0.3) is 0 Å². The first-order valence-corrected chi connectivity index (χ1v) is 6.89. The fraction of sp³-hybridized carbons (Fsp3) is 0.353. The summed E-state index contributed by atoms with van der Waals surface area (Å²) < 4.78 is 0. The van der Waals surface area contributed by atoms with Gasteiger partial charge in [0.15, 0.2) is 0 Å². The van der Waals surface area contributed by atoms with Gasteiger partial charge >= 0.3 is 0 Å². The van der Waals surface area contributed by atoms with Crippen LogP contribution in [-0.4, -0.2) is 5.91 Å². The van der Waals surface area contributed by atoms with Crippen LogP contribution in [0.2, 0.25) is 0 Å². The molecule has 2 rings (SSSR count). The van der Waals surface area contributed by atoms with Crippen molar-refractivity contribution in [2.75, 3.05) is 5.73 Å². The number of carbonyl (C=O) groups excluding carboxylic acids is 1. The van der Waals surface area contributed by atoms with Crippen molar-refractivity contribution in [3.05, 3.63) is 42.0 Å².